The van der Waals surface area contributed by atoms with E-state index in [4.69, 9.17) is 9.47 Å². The van der Waals surface area contributed by atoms with E-state index >= 15 is 0 Å². The van der Waals surface area contributed by atoms with Gasteiger partial charge in [0, 0.05) is 5.56 Å². The highest BCUT2D eigenvalue weighted by molar-refractivity contribution is 5.48. The third-order valence-electron chi connectivity index (χ3n) is 2.29. The Hall–Kier alpha value is -1.18. The van der Waals surface area contributed by atoms with E-state index in [1.807, 2.05) is 25.1 Å². The molecule has 16 heavy (non-hydrogen) atoms. The molecule has 2 heteroatoms. The molecule has 0 amide bonds. The maximum absolute atomic E-state index is 5.68. The van der Waals surface area contributed by atoms with Crippen LogP contribution in [0.1, 0.15) is 38.7 Å². The van der Waals surface area contributed by atoms with Crippen LogP contribution < -0.4 is 9.47 Å². The average Bonchev–Trinajstić information content (AvgIpc) is 2.27. The summed E-state index contributed by atoms with van der Waals surface area (Å²) in [7, 11) is 0. The van der Waals surface area contributed by atoms with Gasteiger partial charge in [-0.3, -0.25) is 0 Å². The second-order valence-electron chi connectivity index (χ2n) is 3.86. The number of benzene rings is 1. The Bertz CT molecular complexity index is 319. The van der Waals surface area contributed by atoms with Crippen LogP contribution in [0.5, 0.6) is 11.5 Å². The molecule has 0 aliphatic carbocycles. The highest BCUT2D eigenvalue weighted by Crippen LogP contribution is 2.35. The van der Waals surface area contributed by atoms with Crippen LogP contribution in [0.3, 0.4) is 0 Å². The smallest absolute Gasteiger partial charge is 0.164 e. The van der Waals surface area contributed by atoms with Gasteiger partial charge in [0.1, 0.15) is 0 Å². The summed E-state index contributed by atoms with van der Waals surface area (Å²) in [4.78, 5) is 0. The molecule has 0 fully saturated rings. The molecule has 0 saturated heterocycles. The van der Waals surface area contributed by atoms with E-state index in [1.165, 1.54) is 0 Å². The molecular formula is C14H21O2. The fourth-order valence-corrected chi connectivity index (χ4v) is 1.55. The van der Waals surface area contributed by atoms with Crippen molar-refractivity contribution in [3.63, 3.8) is 0 Å². The van der Waals surface area contributed by atoms with Crippen LogP contribution in [0.2, 0.25) is 0 Å². The lowest BCUT2D eigenvalue weighted by atomic mass is 10.0. The molecule has 1 atom stereocenters. The van der Waals surface area contributed by atoms with Gasteiger partial charge in [0.05, 0.1) is 13.2 Å². The first kappa shape index (κ1) is 12.9. The zero-order valence-corrected chi connectivity index (χ0v) is 10.5. The maximum Gasteiger partial charge on any atom is 0.164 e. The molecular weight excluding hydrogens is 200 g/mol. The van der Waals surface area contributed by atoms with Gasteiger partial charge < -0.3 is 9.47 Å². The molecule has 0 aliphatic heterocycles. The van der Waals surface area contributed by atoms with Crippen molar-refractivity contribution in [3.05, 3.63) is 30.7 Å². The van der Waals surface area contributed by atoms with E-state index in [0.29, 0.717) is 6.61 Å². The normalized spacial score (nSPS) is 10.6. The lowest BCUT2D eigenvalue weighted by molar-refractivity contribution is 0.274. The van der Waals surface area contributed by atoms with E-state index < -0.39 is 0 Å². The number of para-hydroxylation sites is 1. The van der Waals surface area contributed by atoms with Gasteiger partial charge in [0.25, 0.3) is 0 Å². The number of ether oxygens (including phenoxy) is 2. The summed E-state index contributed by atoms with van der Waals surface area (Å²) < 4.78 is 11.3. The van der Waals surface area contributed by atoms with Gasteiger partial charge in [-0.15, -0.1) is 0 Å². The van der Waals surface area contributed by atoms with Gasteiger partial charge in [-0.25, -0.2) is 0 Å². The highest BCUT2D eigenvalue weighted by atomic mass is 16.5. The quantitative estimate of drug-likeness (QED) is 0.727. The fraction of sp³-hybridized carbons (Fsp3) is 0.500. The summed E-state index contributed by atoms with van der Waals surface area (Å²) in [6.45, 7) is 11.5. The van der Waals surface area contributed by atoms with Crippen molar-refractivity contribution in [1.82, 2.24) is 0 Å². The number of rotatable bonds is 6. The lowest BCUT2D eigenvalue weighted by Crippen LogP contribution is -2.03. The molecule has 1 unspecified atom stereocenters. The van der Waals surface area contributed by atoms with Crippen LogP contribution >= 0.6 is 0 Å². The number of hydrogen-bond acceptors (Lipinski definition) is 2. The van der Waals surface area contributed by atoms with Crippen LogP contribution in [0, 0.1) is 6.92 Å². The van der Waals surface area contributed by atoms with Crippen LogP contribution in [0.4, 0.5) is 0 Å². The minimum absolute atomic E-state index is 0.201. The summed E-state index contributed by atoms with van der Waals surface area (Å²) in [5.41, 5.74) is 1.11. The van der Waals surface area contributed by atoms with Crippen molar-refractivity contribution in [1.29, 1.82) is 0 Å². The lowest BCUT2D eigenvalue weighted by Gasteiger charge is -2.17. The van der Waals surface area contributed by atoms with Crippen LogP contribution in [-0.2, 0) is 0 Å². The second-order valence-corrected chi connectivity index (χ2v) is 3.86. The Morgan fingerprint density at radius 1 is 1.25 bits per heavy atom. The minimum Gasteiger partial charge on any atom is -0.490 e. The molecule has 1 radical (unpaired) electrons. The minimum atomic E-state index is 0.201. The van der Waals surface area contributed by atoms with Crippen molar-refractivity contribution in [2.75, 3.05) is 13.2 Å². The molecule has 0 N–H and O–H groups in total. The highest BCUT2D eigenvalue weighted by Gasteiger charge is 2.13. The summed E-state index contributed by atoms with van der Waals surface area (Å²) in [5.74, 6) is 1.88. The monoisotopic (exact) mass is 221 g/mol. The van der Waals surface area contributed by atoms with Crippen LogP contribution in [0.15, 0.2) is 18.2 Å². The van der Waals surface area contributed by atoms with E-state index in [2.05, 4.69) is 20.8 Å². The molecule has 1 rings (SSSR count). The molecule has 0 aliphatic rings. The summed E-state index contributed by atoms with van der Waals surface area (Å²) in [5, 5.41) is 0. The van der Waals surface area contributed by atoms with Crippen molar-refractivity contribution in [2.45, 2.75) is 33.1 Å². The van der Waals surface area contributed by atoms with Gasteiger partial charge >= 0.3 is 0 Å². The van der Waals surface area contributed by atoms with Gasteiger partial charge in [-0.05, 0) is 32.3 Å². The molecule has 0 heterocycles. The van der Waals surface area contributed by atoms with Crippen molar-refractivity contribution < 1.29 is 9.47 Å². The molecule has 0 bridgehead atoms. The van der Waals surface area contributed by atoms with Crippen LogP contribution in [-0.4, -0.2) is 13.2 Å². The fourth-order valence-electron chi connectivity index (χ4n) is 1.55. The molecule has 1 aromatic rings. The van der Waals surface area contributed by atoms with Gasteiger partial charge in [0.2, 0.25) is 0 Å². The van der Waals surface area contributed by atoms with Gasteiger partial charge in [-0.1, -0.05) is 26.0 Å². The van der Waals surface area contributed by atoms with Crippen molar-refractivity contribution >= 4 is 0 Å². The van der Waals surface area contributed by atoms with Gasteiger partial charge in [-0.2, -0.15) is 0 Å². The maximum atomic E-state index is 5.68. The zero-order valence-electron chi connectivity index (χ0n) is 10.5. The average molecular weight is 221 g/mol. The Morgan fingerprint density at radius 2 is 2.00 bits per heavy atom. The summed E-state index contributed by atoms with van der Waals surface area (Å²) in [6, 6.07) is 5.98. The first-order chi connectivity index (χ1) is 7.70. The Morgan fingerprint density at radius 3 is 2.56 bits per heavy atom. The zero-order chi connectivity index (χ0) is 12.0. The summed E-state index contributed by atoms with van der Waals surface area (Å²) in [6.07, 6.45) is 0.996. The molecule has 89 valence electrons. The Balaban J connectivity index is 3.00. The first-order valence-electron chi connectivity index (χ1n) is 5.92. The van der Waals surface area contributed by atoms with Crippen molar-refractivity contribution in [2.24, 2.45) is 0 Å². The standard InChI is InChI=1S/C14H21O2/c1-5-10-16-13-9-7-8-12(11(3)4)14(13)15-6-2/h7-9,11H,3,5-6,10H2,1-2,4H3. The molecule has 0 spiro atoms. The van der Waals surface area contributed by atoms with E-state index in [0.717, 1.165) is 30.1 Å². The molecule has 0 saturated carbocycles. The first-order valence-corrected chi connectivity index (χ1v) is 5.92. The predicted octanol–water partition coefficient (Wildman–Crippen LogP) is 3.81. The third kappa shape index (κ3) is 3.16. The number of hydrogen-bond donors (Lipinski definition) is 0. The summed E-state index contributed by atoms with van der Waals surface area (Å²) >= 11 is 0. The largest absolute Gasteiger partial charge is 0.490 e. The van der Waals surface area contributed by atoms with Crippen LogP contribution in [0.25, 0.3) is 0 Å². The second kappa shape index (κ2) is 6.41. The van der Waals surface area contributed by atoms with E-state index in [1.54, 1.807) is 0 Å². The van der Waals surface area contributed by atoms with Gasteiger partial charge in [0.15, 0.2) is 11.5 Å². The Labute approximate surface area is 98.6 Å². The van der Waals surface area contributed by atoms with E-state index in [9.17, 15) is 0 Å². The third-order valence-corrected chi connectivity index (χ3v) is 2.29. The van der Waals surface area contributed by atoms with Crippen molar-refractivity contribution in [3.8, 4) is 11.5 Å². The SMILES string of the molecule is [CH2]C(C)c1cccc(OCCC)c1OCC. The van der Waals surface area contributed by atoms with E-state index in [-0.39, 0.29) is 5.92 Å². The topological polar surface area (TPSA) is 18.5 Å². The predicted molar refractivity (Wildman–Crippen MR) is 67.2 cm³/mol. The molecule has 0 aromatic heterocycles. The molecule has 1 aromatic carbocycles. The molecule has 2 nitrogen and oxygen atoms in total. The Kier molecular flexibility index (Phi) is 5.17.